The number of β-lactam (4-membered cyclic amide) rings is 1. The SMILES string of the molecule is CC(=O)OCC1=C(C(=O)[O-])N2C(=O)C(CC(=O)c3cccs3)C2SC1.O=C(O)CCP=S. The largest absolute Gasteiger partial charge is 0.543 e. The van der Waals surface area contributed by atoms with Crippen LogP contribution >= 0.6 is 30.5 Å². The summed E-state index contributed by atoms with van der Waals surface area (Å²) in [5.41, 5.74) is 0.0858. The van der Waals surface area contributed by atoms with Gasteiger partial charge in [-0.15, -0.1) is 23.1 Å². The van der Waals surface area contributed by atoms with Gasteiger partial charge in [0.1, 0.15) is 6.61 Å². The number of carboxylic acids is 2. The third kappa shape index (κ3) is 6.68. The average molecular weight is 517 g/mol. The van der Waals surface area contributed by atoms with Crippen LogP contribution in [0.4, 0.5) is 0 Å². The van der Waals surface area contributed by atoms with Crippen LogP contribution in [-0.4, -0.2) is 63.5 Å². The van der Waals surface area contributed by atoms with Crippen molar-refractivity contribution in [2.24, 2.45) is 5.92 Å². The zero-order valence-electron chi connectivity index (χ0n) is 16.8. The molecule has 2 aliphatic rings. The van der Waals surface area contributed by atoms with Crippen molar-refractivity contribution < 1.29 is 38.9 Å². The molecule has 0 aromatic carbocycles. The Kier molecular flexibility index (Phi) is 9.95. The Morgan fingerprint density at radius 2 is 2.09 bits per heavy atom. The summed E-state index contributed by atoms with van der Waals surface area (Å²) >= 11 is 7.15. The maximum Gasteiger partial charge on any atom is 0.304 e. The Morgan fingerprint density at radius 1 is 1.38 bits per heavy atom. The highest BCUT2D eigenvalue weighted by Gasteiger charge is 2.52. The molecule has 32 heavy (non-hydrogen) atoms. The van der Waals surface area contributed by atoms with E-state index in [1.54, 1.807) is 17.5 Å². The average Bonchev–Trinajstić information content (AvgIpc) is 3.28. The van der Waals surface area contributed by atoms with E-state index in [-0.39, 0.29) is 30.9 Å². The number of nitrogens with zero attached hydrogens (tertiary/aromatic N) is 1. The minimum Gasteiger partial charge on any atom is -0.543 e. The van der Waals surface area contributed by atoms with Crippen LogP contribution in [0, 0.1) is 5.92 Å². The van der Waals surface area contributed by atoms with E-state index in [2.05, 4.69) is 11.8 Å². The molecule has 9 nitrogen and oxygen atoms in total. The number of rotatable bonds is 9. The Balaban J connectivity index is 0.000000451. The first kappa shape index (κ1) is 26.1. The van der Waals surface area contributed by atoms with Crippen LogP contribution in [0.2, 0.25) is 0 Å². The standard InChI is InChI=1S/C16H15NO6S2.C3H5O2PS/c1-8(18)23-6-9-7-25-15-10(5-11(19)12-3-2-4-24-12)14(20)17(15)13(9)16(21)22;4-3(5)1-2-6-7/h2-4,10,15H,5-7H2,1H3,(H,21,22);1-2H2,(H,4,5)/p-1. The van der Waals surface area contributed by atoms with E-state index in [1.807, 2.05) is 0 Å². The van der Waals surface area contributed by atoms with Gasteiger partial charge >= 0.3 is 11.9 Å². The third-order valence-electron chi connectivity index (χ3n) is 4.42. The number of ketones is 1. The van der Waals surface area contributed by atoms with Crippen molar-refractivity contribution >= 4 is 71.9 Å². The van der Waals surface area contributed by atoms with Gasteiger partial charge in [0.25, 0.3) is 0 Å². The van der Waals surface area contributed by atoms with E-state index in [0.29, 0.717) is 22.4 Å². The summed E-state index contributed by atoms with van der Waals surface area (Å²) in [6.07, 6.45) is 0.836. The Morgan fingerprint density at radius 3 is 2.59 bits per heavy atom. The molecule has 0 saturated carbocycles. The summed E-state index contributed by atoms with van der Waals surface area (Å²) in [5.74, 6) is -3.58. The van der Waals surface area contributed by atoms with Crippen LogP contribution < -0.4 is 5.11 Å². The van der Waals surface area contributed by atoms with Gasteiger partial charge in [0.15, 0.2) is 5.78 Å². The lowest BCUT2D eigenvalue weighted by molar-refractivity contribution is -0.301. The quantitative estimate of drug-likeness (QED) is 0.221. The van der Waals surface area contributed by atoms with Crippen LogP contribution in [0.15, 0.2) is 28.8 Å². The molecule has 0 bridgehead atoms. The maximum atomic E-state index is 12.4. The number of thiophene rings is 1. The molecule has 0 spiro atoms. The number of esters is 1. The number of carbonyl (C=O) groups excluding carboxylic acids is 4. The fourth-order valence-corrected chi connectivity index (χ4v) is 5.61. The Labute approximate surface area is 198 Å². The molecule has 0 radical (unpaired) electrons. The molecule has 1 aromatic heterocycles. The van der Waals surface area contributed by atoms with Gasteiger partial charge in [0.2, 0.25) is 5.91 Å². The van der Waals surface area contributed by atoms with Crippen LogP contribution in [-0.2, 0) is 35.7 Å². The van der Waals surface area contributed by atoms with E-state index < -0.39 is 35.1 Å². The van der Waals surface area contributed by atoms with E-state index in [0.717, 1.165) is 12.3 Å². The van der Waals surface area contributed by atoms with Crippen LogP contribution in [0.5, 0.6) is 0 Å². The van der Waals surface area contributed by atoms with Gasteiger partial charge < -0.3 is 19.7 Å². The predicted molar refractivity (Wildman–Crippen MR) is 120 cm³/mol. The molecule has 2 unspecified atom stereocenters. The van der Waals surface area contributed by atoms with Crippen molar-refractivity contribution in [1.82, 2.24) is 4.90 Å². The summed E-state index contributed by atoms with van der Waals surface area (Å²) < 4.78 is 4.85. The summed E-state index contributed by atoms with van der Waals surface area (Å²) in [6, 6.07) is 3.46. The lowest BCUT2D eigenvalue weighted by Crippen LogP contribution is -2.63. The number of thioether (sulfide) groups is 1. The lowest BCUT2D eigenvalue weighted by atomic mass is 9.90. The van der Waals surface area contributed by atoms with Crippen molar-refractivity contribution in [2.75, 3.05) is 18.5 Å². The number of amides is 1. The topological polar surface area (TPSA) is 141 Å². The predicted octanol–water partition coefficient (Wildman–Crippen LogP) is 1.29. The molecular formula is C19H19NO8PS3-. The van der Waals surface area contributed by atoms with Crippen molar-refractivity contribution in [3.8, 4) is 0 Å². The van der Waals surface area contributed by atoms with Gasteiger partial charge in [-0.05, 0) is 18.8 Å². The van der Waals surface area contributed by atoms with Gasteiger partial charge in [0, 0.05) is 30.8 Å². The second-order valence-corrected chi connectivity index (χ2v) is 10.2. The zero-order valence-corrected chi connectivity index (χ0v) is 20.2. The second kappa shape index (κ2) is 12.2. The number of Topliss-reactive ketones (excluding diaryl/α,β-unsaturated/α-hetero) is 1. The van der Waals surface area contributed by atoms with Crippen molar-refractivity contribution in [3.63, 3.8) is 0 Å². The minimum absolute atomic E-state index is 0.0487. The zero-order chi connectivity index (χ0) is 23.8. The van der Waals surface area contributed by atoms with E-state index in [4.69, 9.17) is 9.84 Å². The number of aliphatic carboxylic acids is 2. The van der Waals surface area contributed by atoms with E-state index >= 15 is 0 Å². The van der Waals surface area contributed by atoms with Crippen molar-refractivity contribution in [2.45, 2.75) is 25.1 Å². The third-order valence-corrected chi connectivity index (χ3v) is 7.68. The first-order valence-electron chi connectivity index (χ1n) is 9.26. The molecule has 1 amide bonds. The number of fused-ring (bicyclic) bond motifs is 1. The summed E-state index contributed by atoms with van der Waals surface area (Å²) in [4.78, 5) is 58.5. The lowest BCUT2D eigenvalue weighted by Gasteiger charge is -2.50. The highest BCUT2D eigenvalue weighted by atomic mass is 32.4. The normalized spacial score (nSPS) is 19.4. The van der Waals surface area contributed by atoms with Gasteiger partial charge in [0.05, 0.1) is 34.3 Å². The van der Waals surface area contributed by atoms with Crippen LogP contribution in [0.25, 0.3) is 0 Å². The Bertz CT molecular complexity index is 946. The molecule has 172 valence electrons. The molecule has 0 aliphatic carbocycles. The van der Waals surface area contributed by atoms with Gasteiger partial charge in [-0.1, -0.05) is 17.9 Å². The fraction of sp³-hybridized carbons (Fsp3) is 0.421. The fourth-order valence-electron chi connectivity index (χ4n) is 2.99. The molecule has 2 atom stereocenters. The molecule has 2 aliphatic heterocycles. The summed E-state index contributed by atoms with van der Waals surface area (Å²) in [5, 5.41) is 20.9. The highest BCUT2D eigenvalue weighted by Crippen LogP contribution is 2.45. The van der Waals surface area contributed by atoms with Crippen LogP contribution in [0.1, 0.15) is 29.4 Å². The molecule has 13 heteroatoms. The first-order chi connectivity index (χ1) is 15.2. The minimum atomic E-state index is -1.48. The number of ether oxygens (including phenoxy) is 1. The molecule has 3 rings (SSSR count). The number of carboxylic acid groups (broad SMARTS) is 2. The molecule has 1 aromatic rings. The van der Waals surface area contributed by atoms with Crippen LogP contribution in [0.3, 0.4) is 0 Å². The van der Waals surface area contributed by atoms with Gasteiger partial charge in [-0.25, -0.2) is 0 Å². The summed E-state index contributed by atoms with van der Waals surface area (Å²) in [7, 11) is 0.743. The molecule has 1 N–H and O–H groups in total. The van der Waals surface area contributed by atoms with E-state index in [9.17, 15) is 29.1 Å². The van der Waals surface area contributed by atoms with Gasteiger partial charge in [-0.3, -0.25) is 24.1 Å². The van der Waals surface area contributed by atoms with Gasteiger partial charge in [-0.2, -0.15) is 0 Å². The Hall–Kier alpha value is -2.14. The molecule has 3 heterocycles. The smallest absolute Gasteiger partial charge is 0.304 e. The molecule has 1 fully saturated rings. The monoisotopic (exact) mass is 516 g/mol. The first-order valence-corrected chi connectivity index (χ1v) is 13.3. The molecular weight excluding hydrogens is 497 g/mol. The summed E-state index contributed by atoms with van der Waals surface area (Å²) in [6.45, 7) is 1.03. The second-order valence-electron chi connectivity index (χ2n) is 6.64. The number of carbonyl (C=O) groups is 5. The van der Waals surface area contributed by atoms with E-state index in [1.165, 1.54) is 30.0 Å². The maximum absolute atomic E-state index is 12.4. The van der Waals surface area contributed by atoms with Crippen molar-refractivity contribution in [1.29, 1.82) is 0 Å². The number of hydrogen-bond acceptors (Lipinski definition) is 10. The molecule has 1 saturated heterocycles. The number of hydrogen-bond donors (Lipinski definition) is 1. The highest BCUT2D eigenvalue weighted by molar-refractivity contribution is 8.00. The van der Waals surface area contributed by atoms with Crippen molar-refractivity contribution in [3.05, 3.63) is 33.7 Å².